The summed E-state index contributed by atoms with van der Waals surface area (Å²) in [4.78, 5) is 19.1. The number of benzene rings is 2. The first kappa shape index (κ1) is 19.4. The molecule has 0 saturated heterocycles. The number of hydrogen-bond acceptors (Lipinski definition) is 4. The molecule has 3 aromatic rings. The van der Waals surface area contributed by atoms with Crippen molar-refractivity contribution < 1.29 is 9.53 Å². The van der Waals surface area contributed by atoms with Gasteiger partial charge >= 0.3 is 0 Å². The molecule has 0 saturated carbocycles. The van der Waals surface area contributed by atoms with Crippen LogP contribution in [0, 0.1) is 0 Å². The second-order valence-corrected chi connectivity index (χ2v) is 6.30. The van der Waals surface area contributed by atoms with E-state index in [9.17, 15) is 4.79 Å². The maximum Gasteiger partial charge on any atom is 0.258 e. The van der Waals surface area contributed by atoms with Crippen LogP contribution in [0.5, 0.6) is 5.75 Å². The van der Waals surface area contributed by atoms with Crippen molar-refractivity contribution in [3.8, 4) is 5.75 Å². The summed E-state index contributed by atoms with van der Waals surface area (Å²) < 4.78 is 5.39. The van der Waals surface area contributed by atoms with Crippen LogP contribution in [0.3, 0.4) is 0 Å². The van der Waals surface area contributed by atoms with Gasteiger partial charge in [-0.1, -0.05) is 36.4 Å². The average molecular weight is 375 g/mol. The molecule has 1 aromatic heterocycles. The lowest BCUT2D eigenvalue weighted by atomic mass is 10.1. The summed E-state index contributed by atoms with van der Waals surface area (Å²) in [6.45, 7) is 3.27. The van der Waals surface area contributed by atoms with Crippen molar-refractivity contribution in [1.82, 2.24) is 4.98 Å². The van der Waals surface area contributed by atoms with E-state index in [4.69, 9.17) is 4.74 Å². The van der Waals surface area contributed by atoms with E-state index in [2.05, 4.69) is 10.3 Å². The molecule has 28 heavy (non-hydrogen) atoms. The summed E-state index contributed by atoms with van der Waals surface area (Å²) in [7, 11) is 1.68. The molecule has 0 radical (unpaired) electrons. The van der Waals surface area contributed by atoms with Gasteiger partial charge in [0.15, 0.2) is 0 Å². The average Bonchev–Trinajstić information content (AvgIpc) is 2.75. The van der Waals surface area contributed by atoms with E-state index in [0.717, 1.165) is 23.4 Å². The second-order valence-electron chi connectivity index (χ2n) is 6.30. The minimum Gasteiger partial charge on any atom is -0.496 e. The molecule has 5 heteroatoms. The zero-order valence-corrected chi connectivity index (χ0v) is 16.3. The Hall–Kier alpha value is -3.34. The highest BCUT2D eigenvalue weighted by atomic mass is 16.5. The van der Waals surface area contributed by atoms with Gasteiger partial charge in [-0.2, -0.15) is 0 Å². The van der Waals surface area contributed by atoms with E-state index in [1.54, 1.807) is 30.3 Å². The Morgan fingerprint density at radius 3 is 2.57 bits per heavy atom. The third kappa shape index (κ3) is 4.68. The van der Waals surface area contributed by atoms with Crippen LogP contribution in [0.1, 0.15) is 22.8 Å². The largest absolute Gasteiger partial charge is 0.496 e. The fourth-order valence-corrected chi connectivity index (χ4v) is 3.10. The van der Waals surface area contributed by atoms with Crippen LogP contribution in [0.4, 0.5) is 11.5 Å². The molecule has 0 aliphatic carbocycles. The summed E-state index contributed by atoms with van der Waals surface area (Å²) in [5.41, 5.74) is 2.63. The van der Waals surface area contributed by atoms with Crippen molar-refractivity contribution in [2.45, 2.75) is 13.3 Å². The first-order valence-electron chi connectivity index (χ1n) is 9.41. The van der Waals surface area contributed by atoms with E-state index < -0.39 is 0 Å². The summed E-state index contributed by atoms with van der Waals surface area (Å²) in [5.74, 6) is 1.52. The van der Waals surface area contributed by atoms with Gasteiger partial charge in [0.2, 0.25) is 0 Å². The molecule has 3 rings (SSSR count). The molecule has 0 unspecified atom stereocenters. The van der Waals surface area contributed by atoms with E-state index >= 15 is 0 Å². The SMILES string of the molecule is CCN(C(=O)c1ccnc(NCCc2ccccc2OC)c1)c1ccccc1. The fourth-order valence-electron chi connectivity index (χ4n) is 3.10. The van der Waals surface area contributed by atoms with Crippen LogP contribution in [0.25, 0.3) is 0 Å². The van der Waals surface area contributed by atoms with Crippen LogP contribution < -0.4 is 15.0 Å². The van der Waals surface area contributed by atoms with Gasteiger partial charge in [0.25, 0.3) is 5.91 Å². The van der Waals surface area contributed by atoms with Crippen LogP contribution in [0.15, 0.2) is 72.9 Å². The number of nitrogens with zero attached hydrogens (tertiary/aromatic N) is 2. The number of ether oxygens (including phenoxy) is 1. The molecule has 2 aromatic carbocycles. The number of nitrogens with one attached hydrogen (secondary N) is 1. The molecule has 0 atom stereocenters. The van der Waals surface area contributed by atoms with Crippen molar-refractivity contribution in [3.63, 3.8) is 0 Å². The molecule has 1 amide bonds. The highest BCUT2D eigenvalue weighted by molar-refractivity contribution is 6.06. The highest BCUT2D eigenvalue weighted by Crippen LogP contribution is 2.19. The smallest absolute Gasteiger partial charge is 0.258 e. The Labute approximate surface area is 166 Å². The normalized spacial score (nSPS) is 10.4. The van der Waals surface area contributed by atoms with Crippen LogP contribution in [0.2, 0.25) is 0 Å². The number of carbonyl (C=O) groups excluding carboxylic acids is 1. The molecule has 144 valence electrons. The number of methoxy groups -OCH3 is 1. The molecule has 0 aliphatic rings. The summed E-state index contributed by atoms with van der Waals surface area (Å²) in [5, 5.41) is 3.30. The summed E-state index contributed by atoms with van der Waals surface area (Å²) >= 11 is 0. The predicted molar refractivity (Wildman–Crippen MR) is 113 cm³/mol. The minimum atomic E-state index is -0.0381. The van der Waals surface area contributed by atoms with Gasteiger partial charge in [0.05, 0.1) is 7.11 Å². The molecule has 5 nitrogen and oxygen atoms in total. The Morgan fingerprint density at radius 2 is 1.82 bits per heavy atom. The van der Waals surface area contributed by atoms with E-state index in [1.165, 1.54) is 0 Å². The maximum atomic E-state index is 13.0. The van der Waals surface area contributed by atoms with Gasteiger partial charge in [0, 0.05) is 30.5 Å². The lowest BCUT2D eigenvalue weighted by molar-refractivity contribution is 0.0988. The summed E-state index contributed by atoms with van der Waals surface area (Å²) in [6.07, 6.45) is 2.46. The standard InChI is InChI=1S/C23H25N3O2/c1-3-26(20-10-5-4-6-11-20)23(27)19-14-16-25-22(17-19)24-15-13-18-9-7-8-12-21(18)28-2/h4-12,14,16-17H,3,13,15H2,1-2H3,(H,24,25). The third-order valence-electron chi connectivity index (χ3n) is 4.53. The fraction of sp³-hybridized carbons (Fsp3) is 0.217. The Kier molecular flexibility index (Phi) is 6.63. The topological polar surface area (TPSA) is 54.5 Å². The van der Waals surface area contributed by atoms with Gasteiger partial charge in [0.1, 0.15) is 11.6 Å². The third-order valence-corrected chi connectivity index (χ3v) is 4.53. The lowest BCUT2D eigenvalue weighted by Crippen LogP contribution is -2.30. The number of anilines is 2. The van der Waals surface area contributed by atoms with Gasteiger partial charge in [-0.15, -0.1) is 0 Å². The molecular weight excluding hydrogens is 350 g/mol. The number of hydrogen-bond donors (Lipinski definition) is 1. The van der Waals surface area contributed by atoms with Crippen molar-refractivity contribution in [1.29, 1.82) is 0 Å². The maximum absolute atomic E-state index is 13.0. The van der Waals surface area contributed by atoms with E-state index in [-0.39, 0.29) is 5.91 Å². The zero-order valence-electron chi connectivity index (χ0n) is 16.3. The first-order chi connectivity index (χ1) is 13.7. The zero-order chi connectivity index (χ0) is 19.8. The Morgan fingerprint density at radius 1 is 1.07 bits per heavy atom. The number of pyridine rings is 1. The van der Waals surface area contributed by atoms with Crippen molar-refractivity contribution in [2.75, 3.05) is 30.4 Å². The molecule has 0 bridgehead atoms. The van der Waals surface area contributed by atoms with E-state index in [0.29, 0.717) is 24.5 Å². The van der Waals surface area contributed by atoms with Gasteiger partial charge < -0.3 is 15.0 Å². The summed E-state index contributed by atoms with van der Waals surface area (Å²) in [6, 6.07) is 21.2. The number of para-hydroxylation sites is 2. The first-order valence-corrected chi connectivity index (χ1v) is 9.41. The number of aromatic nitrogens is 1. The molecule has 0 spiro atoms. The Bertz CT molecular complexity index is 912. The van der Waals surface area contributed by atoms with Gasteiger partial charge in [-0.05, 0) is 49.2 Å². The van der Waals surface area contributed by atoms with Crippen LogP contribution >= 0.6 is 0 Å². The monoisotopic (exact) mass is 375 g/mol. The van der Waals surface area contributed by atoms with Gasteiger partial charge in [-0.25, -0.2) is 4.98 Å². The number of carbonyl (C=O) groups is 1. The Balaban J connectivity index is 1.67. The van der Waals surface area contributed by atoms with Crippen LogP contribution in [-0.2, 0) is 6.42 Å². The second kappa shape index (κ2) is 9.55. The number of rotatable bonds is 8. The quantitative estimate of drug-likeness (QED) is 0.634. The number of amides is 1. The molecular formula is C23H25N3O2. The van der Waals surface area contributed by atoms with E-state index in [1.807, 2.05) is 61.5 Å². The molecule has 0 fully saturated rings. The van der Waals surface area contributed by atoms with Crippen LogP contribution in [-0.4, -0.2) is 31.1 Å². The lowest BCUT2D eigenvalue weighted by Gasteiger charge is -2.21. The molecule has 0 aliphatic heterocycles. The minimum absolute atomic E-state index is 0.0381. The van der Waals surface area contributed by atoms with Gasteiger partial charge in [-0.3, -0.25) is 4.79 Å². The predicted octanol–water partition coefficient (Wildman–Crippen LogP) is 4.41. The van der Waals surface area contributed by atoms with Crippen molar-refractivity contribution in [3.05, 3.63) is 84.1 Å². The van der Waals surface area contributed by atoms with Crippen molar-refractivity contribution >= 4 is 17.4 Å². The highest BCUT2D eigenvalue weighted by Gasteiger charge is 2.16. The molecule has 1 N–H and O–H groups in total. The molecule has 1 heterocycles. The van der Waals surface area contributed by atoms with Crippen molar-refractivity contribution in [2.24, 2.45) is 0 Å².